The lowest BCUT2D eigenvalue weighted by molar-refractivity contribution is 0.269. The van der Waals surface area contributed by atoms with Gasteiger partial charge in [0.25, 0.3) is 0 Å². The van der Waals surface area contributed by atoms with Gasteiger partial charge < -0.3 is 15.7 Å². The van der Waals surface area contributed by atoms with E-state index in [-0.39, 0.29) is 6.61 Å². The molecule has 0 saturated carbocycles. The van der Waals surface area contributed by atoms with Crippen LogP contribution >= 0.6 is 23.2 Å². The molecule has 0 fully saturated rings. The van der Waals surface area contributed by atoms with E-state index in [2.05, 4.69) is 25.7 Å². The molecular weight excluding hydrogens is 351 g/mol. The summed E-state index contributed by atoms with van der Waals surface area (Å²) < 4.78 is 1.48. The standard InChI is InChI=1S/C15H14Cl2N6O/c16-11-8-18-15(21-12-9-19-23(6-7-24)13(12)17)22-14(11)20-10-4-2-1-3-5-10/h1-5,8-9,24H,6-7H2,(H2,18,20,21,22). The number of halogens is 2. The minimum absolute atomic E-state index is 0.0522. The van der Waals surface area contributed by atoms with Crippen molar-refractivity contribution in [3.05, 3.63) is 52.9 Å². The van der Waals surface area contributed by atoms with E-state index in [0.29, 0.717) is 34.2 Å². The molecule has 0 aliphatic rings. The summed E-state index contributed by atoms with van der Waals surface area (Å²) in [6, 6.07) is 9.55. The molecule has 0 saturated heterocycles. The summed E-state index contributed by atoms with van der Waals surface area (Å²) in [5.41, 5.74) is 1.40. The topological polar surface area (TPSA) is 87.9 Å². The molecule has 2 heterocycles. The van der Waals surface area contributed by atoms with Crippen molar-refractivity contribution in [3.8, 4) is 0 Å². The Morgan fingerprint density at radius 2 is 1.88 bits per heavy atom. The minimum Gasteiger partial charge on any atom is -0.394 e. The van der Waals surface area contributed by atoms with Crippen molar-refractivity contribution in [2.45, 2.75) is 6.54 Å². The predicted molar refractivity (Wildman–Crippen MR) is 94.4 cm³/mol. The van der Waals surface area contributed by atoms with Gasteiger partial charge in [0.2, 0.25) is 5.95 Å². The van der Waals surface area contributed by atoms with E-state index in [1.54, 1.807) is 6.20 Å². The summed E-state index contributed by atoms with van der Waals surface area (Å²) in [6.07, 6.45) is 3.04. The number of nitrogens with zero attached hydrogens (tertiary/aromatic N) is 4. The average Bonchev–Trinajstić information content (AvgIpc) is 2.93. The van der Waals surface area contributed by atoms with Crippen LogP contribution in [-0.2, 0) is 6.54 Å². The molecule has 2 aromatic heterocycles. The molecule has 0 amide bonds. The van der Waals surface area contributed by atoms with Crippen LogP contribution in [0.2, 0.25) is 10.2 Å². The molecular formula is C15H14Cl2N6O. The third kappa shape index (κ3) is 3.76. The fourth-order valence-electron chi connectivity index (χ4n) is 2.00. The summed E-state index contributed by atoms with van der Waals surface area (Å²) in [4.78, 5) is 8.48. The van der Waals surface area contributed by atoms with Crippen molar-refractivity contribution < 1.29 is 5.11 Å². The zero-order chi connectivity index (χ0) is 16.9. The average molecular weight is 365 g/mol. The van der Waals surface area contributed by atoms with E-state index in [1.807, 2.05) is 30.3 Å². The van der Waals surface area contributed by atoms with Crippen LogP contribution in [-0.4, -0.2) is 31.5 Å². The van der Waals surface area contributed by atoms with E-state index in [9.17, 15) is 0 Å². The molecule has 124 valence electrons. The second-order valence-electron chi connectivity index (χ2n) is 4.80. The number of benzene rings is 1. The highest BCUT2D eigenvalue weighted by atomic mass is 35.5. The second kappa shape index (κ2) is 7.48. The number of para-hydroxylation sites is 1. The quantitative estimate of drug-likeness (QED) is 0.620. The van der Waals surface area contributed by atoms with Gasteiger partial charge in [0.1, 0.15) is 5.02 Å². The third-order valence-corrected chi connectivity index (χ3v) is 3.79. The second-order valence-corrected chi connectivity index (χ2v) is 5.57. The lowest BCUT2D eigenvalue weighted by Gasteiger charge is -2.09. The van der Waals surface area contributed by atoms with Gasteiger partial charge in [-0.1, -0.05) is 41.4 Å². The number of aliphatic hydroxyl groups is 1. The molecule has 0 aliphatic heterocycles. The largest absolute Gasteiger partial charge is 0.394 e. The van der Waals surface area contributed by atoms with Gasteiger partial charge in [0.15, 0.2) is 11.0 Å². The highest BCUT2D eigenvalue weighted by Crippen LogP contribution is 2.27. The molecule has 0 aliphatic carbocycles. The molecule has 3 rings (SSSR count). The first-order chi connectivity index (χ1) is 11.7. The first-order valence-electron chi connectivity index (χ1n) is 7.11. The molecule has 7 nitrogen and oxygen atoms in total. The molecule has 24 heavy (non-hydrogen) atoms. The summed E-state index contributed by atoms with van der Waals surface area (Å²) in [5.74, 6) is 0.794. The molecule has 0 spiro atoms. The molecule has 0 bridgehead atoms. The number of hydrogen-bond acceptors (Lipinski definition) is 6. The third-order valence-electron chi connectivity index (χ3n) is 3.11. The van der Waals surface area contributed by atoms with E-state index >= 15 is 0 Å². The lowest BCUT2D eigenvalue weighted by Crippen LogP contribution is -2.04. The zero-order valence-electron chi connectivity index (χ0n) is 12.4. The molecule has 9 heteroatoms. The molecule has 0 unspecified atom stereocenters. The van der Waals surface area contributed by atoms with Crippen LogP contribution < -0.4 is 10.6 Å². The van der Waals surface area contributed by atoms with Gasteiger partial charge in [-0.15, -0.1) is 0 Å². The number of nitrogens with one attached hydrogen (secondary N) is 2. The Labute approximate surface area is 148 Å². The maximum absolute atomic E-state index is 8.96. The van der Waals surface area contributed by atoms with Crippen LogP contribution in [0.5, 0.6) is 0 Å². The summed E-state index contributed by atoms with van der Waals surface area (Å²) in [7, 11) is 0. The fraction of sp³-hybridized carbons (Fsp3) is 0.133. The summed E-state index contributed by atoms with van der Waals surface area (Å²) >= 11 is 12.3. The Kier molecular flexibility index (Phi) is 5.14. The van der Waals surface area contributed by atoms with Gasteiger partial charge in [-0.2, -0.15) is 10.1 Å². The van der Waals surface area contributed by atoms with E-state index in [0.717, 1.165) is 5.69 Å². The molecule has 1 aromatic carbocycles. The number of rotatable bonds is 6. The smallest absolute Gasteiger partial charge is 0.229 e. The highest BCUT2D eigenvalue weighted by molar-refractivity contribution is 6.33. The number of aliphatic hydroxyl groups excluding tert-OH is 1. The van der Waals surface area contributed by atoms with Crippen molar-refractivity contribution in [1.29, 1.82) is 0 Å². The van der Waals surface area contributed by atoms with Gasteiger partial charge in [0.05, 0.1) is 31.2 Å². The Morgan fingerprint density at radius 3 is 2.62 bits per heavy atom. The van der Waals surface area contributed by atoms with Crippen LogP contribution in [0.4, 0.5) is 23.1 Å². The van der Waals surface area contributed by atoms with Crippen molar-refractivity contribution in [2.24, 2.45) is 0 Å². The maximum Gasteiger partial charge on any atom is 0.229 e. The maximum atomic E-state index is 8.96. The van der Waals surface area contributed by atoms with Crippen LogP contribution in [0.15, 0.2) is 42.7 Å². The van der Waals surface area contributed by atoms with Crippen LogP contribution in [0, 0.1) is 0 Å². The highest BCUT2D eigenvalue weighted by Gasteiger charge is 2.11. The first-order valence-corrected chi connectivity index (χ1v) is 7.87. The Bertz CT molecular complexity index is 824. The van der Waals surface area contributed by atoms with Gasteiger partial charge >= 0.3 is 0 Å². The van der Waals surface area contributed by atoms with E-state index in [4.69, 9.17) is 28.3 Å². The Balaban J connectivity index is 1.81. The molecule has 0 atom stereocenters. The van der Waals surface area contributed by atoms with Gasteiger partial charge in [-0.05, 0) is 12.1 Å². The first kappa shape index (κ1) is 16.5. The fourth-order valence-corrected chi connectivity index (χ4v) is 2.36. The summed E-state index contributed by atoms with van der Waals surface area (Å²) in [6.45, 7) is 0.256. The zero-order valence-corrected chi connectivity index (χ0v) is 14.0. The van der Waals surface area contributed by atoms with Crippen LogP contribution in [0.3, 0.4) is 0 Å². The van der Waals surface area contributed by atoms with Gasteiger partial charge in [-0.3, -0.25) is 0 Å². The minimum atomic E-state index is -0.0522. The van der Waals surface area contributed by atoms with E-state index in [1.165, 1.54) is 10.9 Å². The van der Waals surface area contributed by atoms with Crippen molar-refractivity contribution >= 4 is 46.3 Å². The summed E-state index contributed by atoms with van der Waals surface area (Å²) in [5, 5.41) is 19.9. The van der Waals surface area contributed by atoms with Gasteiger partial charge in [-0.25, -0.2) is 9.67 Å². The van der Waals surface area contributed by atoms with Crippen molar-refractivity contribution in [2.75, 3.05) is 17.2 Å². The number of hydrogen-bond donors (Lipinski definition) is 3. The normalized spacial score (nSPS) is 10.6. The van der Waals surface area contributed by atoms with Crippen LogP contribution in [0.25, 0.3) is 0 Å². The number of anilines is 4. The Morgan fingerprint density at radius 1 is 1.08 bits per heavy atom. The Hall–Kier alpha value is -2.35. The van der Waals surface area contributed by atoms with Crippen LogP contribution in [0.1, 0.15) is 0 Å². The SMILES string of the molecule is OCCn1ncc(Nc2ncc(Cl)c(Nc3ccccc3)n2)c1Cl. The molecule has 3 N–H and O–H groups in total. The lowest BCUT2D eigenvalue weighted by atomic mass is 10.3. The van der Waals surface area contributed by atoms with Crippen molar-refractivity contribution in [1.82, 2.24) is 19.7 Å². The predicted octanol–water partition coefficient (Wildman–Crippen LogP) is 3.46. The van der Waals surface area contributed by atoms with Crippen molar-refractivity contribution in [3.63, 3.8) is 0 Å². The number of aromatic nitrogens is 4. The monoisotopic (exact) mass is 364 g/mol. The van der Waals surface area contributed by atoms with Gasteiger partial charge in [0, 0.05) is 5.69 Å². The van der Waals surface area contributed by atoms with E-state index < -0.39 is 0 Å². The molecule has 0 radical (unpaired) electrons. The molecule has 3 aromatic rings.